The van der Waals surface area contributed by atoms with Gasteiger partial charge in [-0.05, 0) is 35.5 Å². The van der Waals surface area contributed by atoms with Crippen molar-refractivity contribution in [3.63, 3.8) is 0 Å². The van der Waals surface area contributed by atoms with E-state index in [-0.39, 0.29) is 6.04 Å². The highest BCUT2D eigenvalue weighted by Gasteiger charge is 2.19. The normalized spacial score (nSPS) is 12.9. The van der Waals surface area contributed by atoms with Gasteiger partial charge in [0.15, 0.2) is 0 Å². The summed E-state index contributed by atoms with van der Waals surface area (Å²) in [6.45, 7) is 2.13. The molecule has 3 aromatic rings. The van der Waals surface area contributed by atoms with Crippen LogP contribution in [-0.4, -0.2) is 7.05 Å². The SMILES string of the molecule is CCc1occc1C(NC)c1cccc2ccsc12. The van der Waals surface area contributed by atoms with Gasteiger partial charge in [0.2, 0.25) is 0 Å². The summed E-state index contributed by atoms with van der Waals surface area (Å²) in [6.07, 6.45) is 2.70. The second-order valence-corrected chi connectivity index (χ2v) is 5.48. The average molecular weight is 271 g/mol. The standard InChI is InChI=1S/C16H17NOS/c1-3-14-12(7-9-18-14)15(17-2)13-6-4-5-11-8-10-19-16(11)13/h4-10,15,17H,3H2,1-2H3. The van der Waals surface area contributed by atoms with Gasteiger partial charge in [-0.2, -0.15) is 0 Å². The quantitative estimate of drug-likeness (QED) is 0.762. The van der Waals surface area contributed by atoms with Crippen molar-refractivity contribution >= 4 is 21.4 Å². The van der Waals surface area contributed by atoms with Gasteiger partial charge >= 0.3 is 0 Å². The van der Waals surface area contributed by atoms with Crippen molar-refractivity contribution in [2.75, 3.05) is 7.05 Å². The van der Waals surface area contributed by atoms with Gasteiger partial charge in [0.05, 0.1) is 12.3 Å². The Morgan fingerprint density at radius 1 is 1.21 bits per heavy atom. The number of hydrogen-bond acceptors (Lipinski definition) is 3. The molecule has 3 heteroatoms. The first-order valence-electron chi connectivity index (χ1n) is 6.54. The molecule has 0 spiro atoms. The zero-order valence-corrected chi connectivity index (χ0v) is 12.0. The molecule has 1 unspecified atom stereocenters. The molecule has 0 fully saturated rings. The van der Waals surface area contributed by atoms with Crippen LogP contribution in [0.1, 0.15) is 29.9 Å². The van der Waals surface area contributed by atoms with E-state index in [0.717, 1.165) is 12.2 Å². The minimum Gasteiger partial charge on any atom is -0.469 e. The van der Waals surface area contributed by atoms with Gasteiger partial charge in [-0.1, -0.05) is 25.1 Å². The van der Waals surface area contributed by atoms with E-state index >= 15 is 0 Å². The minimum atomic E-state index is 0.191. The highest BCUT2D eigenvalue weighted by molar-refractivity contribution is 7.17. The topological polar surface area (TPSA) is 25.2 Å². The summed E-state index contributed by atoms with van der Waals surface area (Å²) in [7, 11) is 2.00. The van der Waals surface area contributed by atoms with Crippen molar-refractivity contribution < 1.29 is 4.42 Å². The Balaban J connectivity index is 2.15. The van der Waals surface area contributed by atoms with Gasteiger partial charge in [0.1, 0.15) is 5.76 Å². The van der Waals surface area contributed by atoms with E-state index in [1.165, 1.54) is 21.2 Å². The molecule has 2 aromatic heterocycles. The van der Waals surface area contributed by atoms with Crippen LogP contribution in [-0.2, 0) is 6.42 Å². The van der Waals surface area contributed by atoms with E-state index in [0.29, 0.717) is 0 Å². The fraction of sp³-hybridized carbons (Fsp3) is 0.250. The Kier molecular flexibility index (Phi) is 3.40. The smallest absolute Gasteiger partial charge is 0.108 e. The van der Waals surface area contributed by atoms with Crippen LogP contribution in [0.4, 0.5) is 0 Å². The van der Waals surface area contributed by atoms with Crippen LogP contribution in [0.5, 0.6) is 0 Å². The molecule has 1 aromatic carbocycles. The molecule has 98 valence electrons. The van der Waals surface area contributed by atoms with Crippen LogP contribution in [0.25, 0.3) is 10.1 Å². The van der Waals surface area contributed by atoms with Gasteiger partial charge in [-0.3, -0.25) is 0 Å². The molecule has 0 aliphatic heterocycles. The number of thiophene rings is 1. The summed E-state index contributed by atoms with van der Waals surface area (Å²) in [6, 6.07) is 10.9. The van der Waals surface area contributed by atoms with Crippen LogP contribution >= 0.6 is 11.3 Å². The predicted octanol–water partition coefficient (Wildman–Crippen LogP) is 4.37. The molecule has 3 rings (SSSR count). The molecule has 1 atom stereocenters. The van der Waals surface area contributed by atoms with Crippen LogP contribution in [0.2, 0.25) is 0 Å². The number of hydrogen-bond donors (Lipinski definition) is 1. The number of nitrogens with one attached hydrogen (secondary N) is 1. The number of rotatable bonds is 4. The maximum Gasteiger partial charge on any atom is 0.108 e. The maximum absolute atomic E-state index is 5.58. The van der Waals surface area contributed by atoms with E-state index < -0.39 is 0 Å². The van der Waals surface area contributed by atoms with Crippen LogP contribution in [0.15, 0.2) is 46.4 Å². The number of aryl methyl sites for hydroxylation is 1. The first kappa shape index (κ1) is 12.5. The Hall–Kier alpha value is -1.58. The summed E-state index contributed by atoms with van der Waals surface area (Å²) in [5.74, 6) is 1.06. The van der Waals surface area contributed by atoms with Crippen molar-refractivity contribution in [2.45, 2.75) is 19.4 Å². The van der Waals surface area contributed by atoms with Crippen molar-refractivity contribution in [1.29, 1.82) is 0 Å². The fourth-order valence-electron chi connectivity index (χ4n) is 2.62. The molecular formula is C16H17NOS. The number of furan rings is 1. The zero-order valence-electron chi connectivity index (χ0n) is 11.1. The predicted molar refractivity (Wildman–Crippen MR) is 80.8 cm³/mol. The first-order valence-corrected chi connectivity index (χ1v) is 7.42. The maximum atomic E-state index is 5.58. The molecule has 0 aliphatic rings. The summed E-state index contributed by atoms with van der Waals surface area (Å²) in [4.78, 5) is 0. The van der Waals surface area contributed by atoms with Crippen molar-refractivity contribution in [3.8, 4) is 0 Å². The molecule has 0 bridgehead atoms. The Labute approximate surface area is 117 Å². The van der Waals surface area contributed by atoms with Crippen molar-refractivity contribution in [3.05, 3.63) is 58.9 Å². The molecule has 0 radical (unpaired) electrons. The monoisotopic (exact) mass is 271 g/mol. The molecule has 19 heavy (non-hydrogen) atoms. The largest absolute Gasteiger partial charge is 0.469 e. The van der Waals surface area contributed by atoms with Gasteiger partial charge in [0, 0.05) is 16.7 Å². The molecule has 0 saturated carbocycles. The van der Waals surface area contributed by atoms with E-state index in [1.807, 2.05) is 7.05 Å². The molecule has 1 N–H and O–H groups in total. The number of fused-ring (bicyclic) bond motifs is 1. The van der Waals surface area contributed by atoms with E-state index in [1.54, 1.807) is 17.6 Å². The molecule has 2 heterocycles. The third kappa shape index (κ3) is 2.09. The van der Waals surface area contributed by atoms with Crippen LogP contribution < -0.4 is 5.32 Å². The summed E-state index contributed by atoms with van der Waals surface area (Å²) in [5, 5.41) is 6.88. The Morgan fingerprint density at radius 3 is 2.89 bits per heavy atom. The third-order valence-corrected chi connectivity index (χ3v) is 4.50. The lowest BCUT2D eigenvalue weighted by molar-refractivity contribution is 0.505. The lowest BCUT2D eigenvalue weighted by Crippen LogP contribution is -2.18. The van der Waals surface area contributed by atoms with Gasteiger partial charge in [-0.25, -0.2) is 0 Å². The molecule has 0 amide bonds. The Morgan fingerprint density at radius 2 is 2.11 bits per heavy atom. The highest BCUT2D eigenvalue weighted by atomic mass is 32.1. The van der Waals surface area contributed by atoms with Crippen LogP contribution in [0.3, 0.4) is 0 Å². The summed E-state index contributed by atoms with van der Waals surface area (Å²) >= 11 is 1.80. The number of benzene rings is 1. The van der Waals surface area contributed by atoms with Crippen molar-refractivity contribution in [2.24, 2.45) is 0 Å². The molecule has 2 nitrogen and oxygen atoms in total. The summed E-state index contributed by atoms with van der Waals surface area (Å²) < 4.78 is 6.93. The fourth-order valence-corrected chi connectivity index (χ4v) is 3.56. The third-order valence-electron chi connectivity index (χ3n) is 3.52. The Bertz CT molecular complexity index is 683. The van der Waals surface area contributed by atoms with Gasteiger partial charge in [-0.15, -0.1) is 11.3 Å². The molecule has 0 saturated heterocycles. The summed E-state index contributed by atoms with van der Waals surface area (Å²) in [5.41, 5.74) is 2.57. The molecule has 0 aliphatic carbocycles. The van der Waals surface area contributed by atoms with Gasteiger partial charge in [0.25, 0.3) is 0 Å². The first-order chi connectivity index (χ1) is 9.35. The lowest BCUT2D eigenvalue weighted by atomic mass is 9.97. The van der Waals surface area contributed by atoms with Crippen LogP contribution in [0, 0.1) is 0 Å². The lowest BCUT2D eigenvalue weighted by Gasteiger charge is -2.17. The zero-order chi connectivity index (χ0) is 13.2. The van der Waals surface area contributed by atoms with E-state index in [2.05, 4.69) is 48.0 Å². The average Bonchev–Trinajstić information content (AvgIpc) is 3.08. The highest BCUT2D eigenvalue weighted by Crippen LogP contribution is 2.33. The molecular weight excluding hydrogens is 254 g/mol. The van der Waals surface area contributed by atoms with Crippen molar-refractivity contribution in [1.82, 2.24) is 5.32 Å². The van der Waals surface area contributed by atoms with Gasteiger partial charge < -0.3 is 9.73 Å². The minimum absolute atomic E-state index is 0.191. The van der Waals surface area contributed by atoms with E-state index in [9.17, 15) is 0 Å². The second-order valence-electron chi connectivity index (χ2n) is 4.56. The van der Waals surface area contributed by atoms with E-state index in [4.69, 9.17) is 4.42 Å². The second kappa shape index (κ2) is 5.19.